The molecule has 2 aromatic carbocycles. The van der Waals surface area contributed by atoms with Gasteiger partial charge in [0, 0.05) is 11.1 Å². The SMILES string of the molecule is CCCCCCCCCCCCc1c(C)ccc2c1[N]c1ccccc1-2. The highest BCUT2D eigenvalue weighted by molar-refractivity contribution is 5.92. The summed E-state index contributed by atoms with van der Waals surface area (Å²) in [6.07, 6.45) is 15.1. The Balaban J connectivity index is 1.44. The van der Waals surface area contributed by atoms with Gasteiger partial charge in [0.05, 0.1) is 11.4 Å². The van der Waals surface area contributed by atoms with Crippen molar-refractivity contribution in [2.75, 3.05) is 0 Å². The van der Waals surface area contributed by atoms with Crippen LogP contribution in [0.25, 0.3) is 11.1 Å². The summed E-state index contributed by atoms with van der Waals surface area (Å²) in [5.74, 6) is 0. The van der Waals surface area contributed by atoms with Gasteiger partial charge in [-0.3, -0.25) is 0 Å². The van der Waals surface area contributed by atoms with E-state index in [1.54, 1.807) is 0 Å². The van der Waals surface area contributed by atoms with Crippen molar-refractivity contribution in [1.29, 1.82) is 0 Å². The zero-order valence-corrected chi connectivity index (χ0v) is 16.7. The number of aryl methyl sites for hydroxylation is 1. The van der Waals surface area contributed by atoms with E-state index in [9.17, 15) is 0 Å². The first kappa shape index (κ1) is 19.0. The Kier molecular flexibility index (Phi) is 7.17. The molecule has 139 valence electrons. The molecule has 1 nitrogen and oxygen atoms in total. The zero-order valence-electron chi connectivity index (χ0n) is 16.7. The number of rotatable bonds is 11. The van der Waals surface area contributed by atoms with Crippen LogP contribution in [0.15, 0.2) is 36.4 Å². The minimum Gasteiger partial charge on any atom is -0.247 e. The molecule has 0 bridgehead atoms. The van der Waals surface area contributed by atoms with E-state index in [4.69, 9.17) is 5.32 Å². The Hall–Kier alpha value is -1.76. The van der Waals surface area contributed by atoms with Gasteiger partial charge in [-0.25, -0.2) is 5.32 Å². The molecule has 0 unspecified atom stereocenters. The summed E-state index contributed by atoms with van der Waals surface area (Å²) in [4.78, 5) is 0. The first-order valence-corrected chi connectivity index (χ1v) is 10.7. The van der Waals surface area contributed by atoms with Crippen LogP contribution < -0.4 is 5.32 Å². The Morgan fingerprint density at radius 1 is 0.692 bits per heavy atom. The molecule has 0 aromatic heterocycles. The van der Waals surface area contributed by atoms with E-state index < -0.39 is 0 Å². The van der Waals surface area contributed by atoms with E-state index in [0.29, 0.717) is 0 Å². The molecule has 0 atom stereocenters. The summed E-state index contributed by atoms with van der Waals surface area (Å²) in [5.41, 5.74) is 7.87. The van der Waals surface area contributed by atoms with Crippen molar-refractivity contribution in [1.82, 2.24) is 5.32 Å². The normalized spacial score (nSPS) is 11.9. The highest BCUT2D eigenvalue weighted by atomic mass is 14.9. The average Bonchev–Trinajstić information content (AvgIpc) is 3.03. The van der Waals surface area contributed by atoms with Crippen LogP contribution in [0.4, 0.5) is 11.4 Å². The molecular formula is C25H34N. The van der Waals surface area contributed by atoms with Crippen molar-refractivity contribution in [2.24, 2.45) is 0 Å². The van der Waals surface area contributed by atoms with Gasteiger partial charge in [-0.1, -0.05) is 95.0 Å². The molecule has 0 fully saturated rings. The van der Waals surface area contributed by atoms with Crippen molar-refractivity contribution in [3.05, 3.63) is 47.5 Å². The third kappa shape index (κ3) is 4.69. The molecule has 0 amide bonds. The van der Waals surface area contributed by atoms with E-state index in [0.717, 1.165) is 5.69 Å². The Morgan fingerprint density at radius 2 is 1.35 bits per heavy atom. The molecule has 1 aliphatic rings. The number of para-hydroxylation sites is 1. The Bertz CT molecular complexity index is 701. The van der Waals surface area contributed by atoms with Gasteiger partial charge in [0.15, 0.2) is 0 Å². The molecule has 0 saturated carbocycles. The van der Waals surface area contributed by atoms with Crippen LogP contribution in [0.2, 0.25) is 0 Å². The molecule has 0 spiro atoms. The minimum atomic E-state index is 1.14. The molecule has 1 heterocycles. The van der Waals surface area contributed by atoms with Gasteiger partial charge in [-0.2, -0.15) is 0 Å². The maximum Gasteiger partial charge on any atom is 0.0750 e. The van der Waals surface area contributed by atoms with E-state index >= 15 is 0 Å². The van der Waals surface area contributed by atoms with Gasteiger partial charge >= 0.3 is 0 Å². The van der Waals surface area contributed by atoms with Gasteiger partial charge in [-0.15, -0.1) is 0 Å². The molecule has 26 heavy (non-hydrogen) atoms. The summed E-state index contributed by atoms with van der Waals surface area (Å²) >= 11 is 0. The highest BCUT2D eigenvalue weighted by Gasteiger charge is 2.22. The smallest absolute Gasteiger partial charge is 0.0750 e. The van der Waals surface area contributed by atoms with Crippen LogP contribution >= 0.6 is 0 Å². The molecule has 1 aliphatic heterocycles. The van der Waals surface area contributed by atoms with Crippen LogP contribution in [-0.2, 0) is 6.42 Å². The molecule has 0 aliphatic carbocycles. The fourth-order valence-electron chi connectivity index (χ4n) is 4.11. The summed E-state index contributed by atoms with van der Waals surface area (Å²) in [5, 5.41) is 4.94. The quantitative estimate of drug-likeness (QED) is 0.312. The molecular weight excluding hydrogens is 314 g/mol. The van der Waals surface area contributed by atoms with Crippen molar-refractivity contribution >= 4 is 11.4 Å². The lowest BCUT2D eigenvalue weighted by Crippen LogP contribution is -1.96. The number of fused-ring (bicyclic) bond motifs is 3. The van der Waals surface area contributed by atoms with Gasteiger partial charge in [0.25, 0.3) is 0 Å². The fraction of sp³-hybridized carbons (Fsp3) is 0.520. The van der Waals surface area contributed by atoms with E-state index in [1.165, 1.54) is 98.6 Å². The fourth-order valence-corrected chi connectivity index (χ4v) is 4.11. The topological polar surface area (TPSA) is 14.1 Å². The van der Waals surface area contributed by atoms with E-state index in [2.05, 4.69) is 50.2 Å². The summed E-state index contributed by atoms with van der Waals surface area (Å²) in [7, 11) is 0. The van der Waals surface area contributed by atoms with Crippen LogP contribution in [0, 0.1) is 6.92 Å². The van der Waals surface area contributed by atoms with Gasteiger partial charge < -0.3 is 0 Å². The second-order valence-corrected chi connectivity index (χ2v) is 7.82. The summed E-state index contributed by atoms with van der Waals surface area (Å²) < 4.78 is 0. The molecule has 1 radical (unpaired) electrons. The van der Waals surface area contributed by atoms with Gasteiger partial charge in [0.1, 0.15) is 0 Å². The maximum absolute atomic E-state index is 4.94. The number of benzene rings is 2. The van der Waals surface area contributed by atoms with Crippen molar-refractivity contribution in [3.8, 4) is 11.1 Å². The van der Waals surface area contributed by atoms with Crippen LogP contribution in [-0.4, -0.2) is 0 Å². The zero-order chi connectivity index (χ0) is 18.2. The van der Waals surface area contributed by atoms with Crippen molar-refractivity contribution < 1.29 is 0 Å². The van der Waals surface area contributed by atoms with Crippen molar-refractivity contribution in [2.45, 2.75) is 84.5 Å². The predicted octanol–water partition coefficient (Wildman–Crippen LogP) is 8.01. The molecule has 2 aromatic rings. The lowest BCUT2D eigenvalue weighted by atomic mass is 9.95. The second kappa shape index (κ2) is 9.80. The number of unbranched alkanes of at least 4 members (excludes halogenated alkanes) is 9. The van der Waals surface area contributed by atoms with E-state index in [-0.39, 0.29) is 0 Å². The number of nitrogens with zero attached hydrogens (tertiary/aromatic N) is 1. The third-order valence-corrected chi connectivity index (χ3v) is 5.72. The number of hydrogen-bond acceptors (Lipinski definition) is 0. The molecule has 0 N–H and O–H groups in total. The predicted molar refractivity (Wildman–Crippen MR) is 114 cm³/mol. The van der Waals surface area contributed by atoms with Crippen LogP contribution in [0.3, 0.4) is 0 Å². The van der Waals surface area contributed by atoms with Crippen LogP contribution in [0.1, 0.15) is 82.3 Å². The molecule has 3 rings (SSSR count). The van der Waals surface area contributed by atoms with E-state index in [1.807, 2.05) is 0 Å². The standard InChI is InChI=1S/C25H34N/c1-3-4-5-6-7-8-9-10-11-12-15-21-20(2)18-19-23-22-16-13-14-17-24(22)26-25(21)23/h13-14,16-19H,3-12,15H2,1-2H3. The molecule has 1 heteroatoms. The first-order valence-electron chi connectivity index (χ1n) is 10.7. The Labute approximate surface area is 160 Å². The minimum absolute atomic E-state index is 1.14. The third-order valence-electron chi connectivity index (χ3n) is 5.72. The first-order chi connectivity index (χ1) is 12.8. The van der Waals surface area contributed by atoms with Gasteiger partial charge in [-0.05, 0) is 37.0 Å². The monoisotopic (exact) mass is 348 g/mol. The largest absolute Gasteiger partial charge is 0.247 e. The summed E-state index contributed by atoms with van der Waals surface area (Å²) in [6.45, 7) is 4.53. The average molecular weight is 349 g/mol. The maximum atomic E-state index is 4.94. The highest BCUT2D eigenvalue weighted by Crippen LogP contribution is 2.45. The van der Waals surface area contributed by atoms with Crippen molar-refractivity contribution in [3.63, 3.8) is 0 Å². The summed E-state index contributed by atoms with van der Waals surface area (Å²) in [6, 6.07) is 13.1. The van der Waals surface area contributed by atoms with Gasteiger partial charge in [0.2, 0.25) is 0 Å². The molecule has 0 saturated heterocycles. The number of hydrogen-bond donors (Lipinski definition) is 0. The Morgan fingerprint density at radius 3 is 2.08 bits per heavy atom. The lowest BCUT2D eigenvalue weighted by Gasteiger charge is -2.11. The lowest BCUT2D eigenvalue weighted by molar-refractivity contribution is 0.556. The van der Waals surface area contributed by atoms with Crippen LogP contribution in [0.5, 0.6) is 0 Å². The second-order valence-electron chi connectivity index (χ2n) is 7.82.